The molecule has 156 valence electrons. The zero-order valence-electron chi connectivity index (χ0n) is 18.1. The molecule has 0 spiro atoms. The fourth-order valence-corrected chi connectivity index (χ4v) is 3.71. The zero-order chi connectivity index (χ0) is 20.6. The molecular weight excluding hydrogens is 350 g/mol. The maximum absolute atomic E-state index is 11.8. The Kier molecular flexibility index (Phi) is 8.30. The van der Waals surface area contributed by atoms with Crippen LogP contribution in [0.25, 0.3) is 0 Å². The molecule has 1 atom stereocenters. The number of nitrogens with zero attached hydrogens (tertiary/aromatic N) is 2. The molecule has 0 saturated carbocycles. The summed E-state index contributed by atoms with van der Waals surface area (Å²) in [6.45, 7) is 10.9. The molecule has 1 aromatic rings. The molecule has 0 radical (unpaired) electrons. The molecular formula is C22H37N5O. The monoisotopic (exact) mass is 387 g/mol. The molecule has 1 heterocycles. The highest BCUT2D eigenvalue weighted by Crippen LogP contribution is 2.23. The topological polar surface area (TPSA) is 68.8 Å². The van der Waals surface area contributed by atoms with Crippen molar-refractivity contribution in [3.63, 3.8) is 0 Å². The van der Waals surface area contributed by atoms with E-state index >= 15 is 0 Å². The Morgan fingerprint density at radius 1 is 1.32 bits per heavy atom. The molecule has 1 amide bonds. The summed E-state index contributed by atoms with van der Waals surface area (Å²) in [5.74, 6) is 1.54. The maximum Gasteiger partial charge on any atom is 0.251 e. The first-order valence-corrected chi connectivity index (χ1v) is 10.4. The maximum atomic E-state index is 11.8. The third kappa shape index (κ3) is 6.51. The molecule has 2 rings (SSSR count). The van der Waals surface area contributed by atoms with E-state index in [4.69, 9.17) is 0 Å². The van der Waals surface area contributed by atoms with Gasteiger partial charge in [0.1, 0.15) is 0 Å². The van der Waals surface area contributed by atoms with Gasteiger partial charge >= 0.3 is 0 Å². The Bertz CT molecular complexity index is 671. The van der Waals surface area contributed by atoms with Crippen molar-refractivity contribution < 1.29 is 4.79 Å². The summed E-state index contributed by atoms with van der Waals surface area (Å²) in [5.41, 5.74) is 1.92. The Balaban J connectivity index is 1.80. The largest absolute Gasteiger partial charge is 0.356 e. The van der Waals surface area contributed by atoms with Crippen LogP contribution in [0.2, 0.25) is 0 Å². The molecule has 1 saturated heterocycles. The van der Waals surface area contributed by atoms with Gasteiger partial charge in [0.15, 0.2) is 5.96 Å². The lowest BCUT2D eigenvalue weighted by molar-refractivity contribution is 0.0739. The summed E-state index contributed by atoms with van der Waals surface area (Å²) in [6, 6.07) is 7.75. The van der Waals surface area contributed by atoms with Crippen LogP contribution in [-0.2, 0) is 6.42 Å². The van der Waals surface area contributed by atoms with Crippen LogP contribution in [0.3, 0.4) is 0 Å². The van der Waals surface area contributed by atoms with Gasteiger partial charge < -0.3 is 16.0 Å². The quantitative estimate of drug-likeness (QED) is 0.496. The number of guanidine groups is 1. The van der Waals surface area contributed by atoms with Crippen molar-refractivity contribution in [1.29, 1.82) is 0 Å². The van der Waals surface area contributed by atoms with Gasteiger partial charge in [0.25, 0.3) is 5.91 Å². The minimum atomic E-state index is -0.0541. The highest BCUT2D eigenvalue weighted by atomic mass is 16.1. The standard InChI is InChI=1S/C22H37N5O/c1-17-8-7-13-27(15-17)22(2,3)16-26-21(24-5)25-12-11-18-9-6-10-19(14-18)20(28)23-4/h6,9-10,14,17H,7-8,11-13,15-16H2,1-5H3,(H,23,28)(H2,24,25,26). The van der Waals surface area contributed by atoms with E-state index in [1.807, 2.05) is 24.3 Å². The molecule has 0 bridgehead atoms. The van der Waals surface area contributed by atoms with Crippen LogP contribution in [0.4, 0.5) is 0 Å². The van der Waals surface area contributed by atoms with Crippen molar-refractivity contribution in [3.8, 4) is 0 Å². The van der Waals surface area contributed by atoms with Gasteiger partial charge in [-0.25, -0.2) is 0 Å². The average Bonchev–Trinajstić information content (AvgIpc) is 2.70. The smallest absolute Gasteiger partial charge is 0.251 e. The second-order valence-electron chi connectivity index (χ2n) is 8.39. The lowest BCUT2D eigenvalue weighted by Crippen LogP contribution is -2.56. The number of hydrogen-bond donors (Lipinski definition) is 3. The van der Waals surface area contributed by atoms with Crippen molar-refractivity contribution in [3.05, 3.63) is 35.4 Å². The van der Waals surface area contributed by atoms with Crippen LogP contribution in [0, 0.1) is 5.92 Å². The summed E-state index contributed by atoms with van der Waals surface area (Å²) in [5, 5.41) is 9.53. The van der Waals surface area contributed by atoms with Gasteiger partial charge in [-0.2, -0.15) is 0 Å². The Hall–Kier alpha value is -2.08. The number of nitrogens with one attached hydrogen (secondary N) is 3. The third-order valence-corrected chi connectivity index (χ3v) is 5.55. The molecule has 28 heavy (non-hydrogen) atoms. The first-order chi connectivity index (χ1) is 13.4. The number of amides is 1. The number of piperidine rings is 1. The molecule has 3 N–H and O–H groups in total. The van der Waals surface area contributed by atoms with Gasteiger partial charge in [-0.15, -0.1) is 0 Å². The molecule has 0 aliphatic carbocycles. The van der Waals surface area contributed by atoms with Crippen molar-refractivity contribution in [2.24, 2.45) is 10.9 Å². The molecule has 6 nitrogen and oxygen atoms in total. The molecule has 1 fully saturated rings. The highest BCUT2D eigenvalue weighted by molar-refractivity contribution is 5.94. The van der Waals surface area contributed by atoms with E-state index in [0.29, 0.717) is 5.56 Å². The summed E-state index contributed by atoms with van der Waals surface area (Å²) < 4.78 is 0. The number of carbonyl (C=O) groups excluding carboxylic acids is 1. The van der Waals surface area contributed by atoms with E-state index in [-0.39, 0.29) is 11.4 Å². The zero-order valence-corrected chi connectivity index (χ0v) is 18.1. The predicted octanol–water partition coefficient (Wildman–Crippen LogP) is 2.26. The fourth-order valence-electron chi connectivity index (χ4n) is 3.71. The van der Waals surface area contributed by atoms with Crippen LogP contribution >= 0.6 is 0 Å². The predicted molar refractivity (Wildman–Crippen MR) is 117 cm³/mol. The van der Waals surface area contributed by atoms with Crippen molar-refractivity contribution >= 4 is 11.9 Å². The SMILES string of the molecule is CN=C(NCCc1cccc(C(=O)NC)c1)NCC(C)(C)N1CCCC(C)C1. The summed E-state index contributed by atoms with van der Waals surface area (Å²) >= 11 is 0. The van der Waals surface area contributed by atoms with Crippen molar-refractivity contribution in [2.45, 2.75) is 45.6 Å². The number of rotatable bonds is 7. The van der Waals surface area contributed by atoms with Crippen LogP contribution in [0.5, 0.6) is 0 Å². The molecule has 1 unspecified atom stereocenters. The van der Waals surface area contributed by atoms with E-state index in [9.17, 15) is 4.79 Å². The summed E-state index contributed by atoms with van der Waals surface area (Å²) in [4.78, 5) is 18.7. The normalized spacial score (nSPS) is 18.6. The van der Waals surface area contributed by atoms with E-state index < -0.39 is 0 Å². The molecule has 0 aromatic heterocycles. The van der Waals surface area contributed by atoms with E-state index in [2.05, 4.69) is 46.6 Å². The fraction of sp³-hybridized carbons (Fsp3) is 0.636. The minimum absolute atomic E-state index is 0.0541. The van der Waals surface area contributed by atoms with Gasteiger partial charge in [-0.1, -0.05) is 19.1 Å². The van der Waals surface area contributed by atoms with Gasteiger partial charge in [-0.3, -0.25) is 14.7 Å². The molecule has 1 aliphatic heterocycles. The summed E-state index contributed by atoms with van der Waals surface area (Å²) in [7, 11) is 3.45. The number of benzene rings is 1. The Morgan fingerprint density at radius 2 is 2.11 bits per heavy atom. The number of likely N-dealkylation sites (tertiary alicyclic amines) is 1. The van der Waals surface area contributed by atoms with Gasteiger partial charge in [-0.05, 0) is 63.3 Å². The highest BCUT2D eigenvalue weighted by Gasteiger charge is 2.30. The average molecular weight is 388 g/mol. The molecule has 1 aromatic carbocycles. The van der Waals surface area contributed by atoms with E-state index in [1.54, 1.807) is 14.1 Å². The first-order valence-electron chi connectivity index (χ1n) is 10.4. The Morgan fingerprint density at radius 3 is 2.79 bits per heavy atom. The molecule has 6 heteroatoms. The van der Waals surface area contributed by atoms with Crippen molar-refractivity contribution in [2.75, 3.05) is 40.3 Å². The molecule has 1 aliphatic rings. The number of carbonyl (C=O) groups is 1. The number of hydrogen-bond acceptors (Lipinski definition) is 3. The van der Waals surface area contributed by atoms with Crippen molar-refractivity contribution in [1.82, 2.24) is 20.9 Å². The Labute approximate surface area is 170 Å². The van der Waals surface area contributed by atoms with Gasteiger partial charge in [0.05, 0.1) is 0 Å². The second-order valence-corrected chi connectivity index (χ2v) is 8.39. The van der Waals surface area contributed by atoms with Crippen LogP contribution < -0.4 is 16.0 Å². The van der Waals surface area contributed by atoms with Crippen LogP contribution in [0.15, 0.2) is 29.3 Å². The van der Waals surface area contributed by atoms with E-state index in [0.717, 1.165) is 37.0 Å². The first kappa shape index (κ1) is 22.2. The lowest BCUT2D eigenvalue weighted by Gasteiger charge is -2.43. The van der Waals surface area contributed by atoms with Crippen LogP contribution in [0.1, 0.15) is 49.5 Å². The second kappa shape index (κ2) is 10.5. The van der Waals surface area contributed by atoms with E-state index in [1.165, 1.54) is 25.9 Å². The summed E-state index contributed by atoms with van der Waals surface area (Å²) in [6.07, 6.45) is 3.45. The minimum Gasteiger partial charge on any atom is -0.356 e. The lowest BCUT2D eigenvalue weighted by atomic mass is 9.93. The van der Waals surface area contributed by atoms with Gasteiger partial charge in [0, 0.05) is 44.8 Å². The van der Waals surface area contributed by atoms with Crippen LogP contribution in [-0.4, -0.2) is 62.6 Å². The van der Waals surface area contributed by atoms with Gasteiger partial charge in [0.2, 0.25) is 0 Å². The third-order valence-electron chi connectivity index (χ3n) is 5.55. The number of aliphatic imine (C=N–C) groups is 1.